The zero-order chi connectivity index (χ0) is 26.2. The van der Waals surface area contributed by atoms with Crippen LogP contribution in [0.4, 0.5) is 0 Å². The first kappa shape index (κ1) is 27.2. The summed E-state index contributed by atoms with van der Waals surface area (Å²) in [4.78, 5) is 12.9. The van der Waals surface area contributed by atoms with Crippen LogP contribution in [0.1, 0.15) is 68.7 Å². The summed E-state index contributed by atoms with van der Waals surface area (Å²) < 4.78 is 40.8. The van der Waals surface area contributed by atoms with Crippen LogP contribution in [0.3, 0.4) is 0 Å². The van der Waals surface area contributed by atoms with E-state index >= 15 is 0 Å². The molecule has 0 radical (unpaired) electrons. The van der Waals surface area contributed by atoms with Crippen molar-refractivity contribution >= 4 is 16.0 Å². The molecule has 1 saturated heterocycles. The number of benzene rings is 1. The molecule has 35 heavy (non-hydrogen) atoms. The summed E-state index contributed by atoms with van der Waals surface area (Å²) in [7, 11) is -3.78. The van der Waals surface area contributed by atoms with E-state index in [1.807, 2.05) is 20.8 Å². The number of carbonyl (C=O) groups excluding carboxylic acids is 1. The third kappa shape index (κ3) is 4.85. The molecule has 8 heteroatoms. The molecule has 0 N–H and O–H groups in total. The van der Waals surface area contributed by atoms with Crippen molar-refractivity contribution in [3.63, 3.8) is 0 Å². The molecule has 0 saturated carbocycles. The number of rotatable bonds is 7. The van der Waals surface area contributed by atoms with Gasteiger partial charge in [0.05, 0.1) is 17.6 Å². The third-order valence-corrected chi connectivity index (χ3v) is 9.97. The quantitative estimate of drug-likeness (QED) is 0.394. The van der Waals surface area contributed by atoms with Gasteiger partial charge < -0.3 is 9.47 Å². The molecule has 2 aliphatic heterocycles. The predicted molar refractivity (Wildman–Crippen MR) is 135 cm³/mol. The summed E-state index contributed by atoms with van der Waals surface area (Å²) in [6, 6.07) is 2.13. The molecule has 0 spiro atoms. The number of nitrogens with zero attached hydrogens (tertiary/aromatic N) is 2. The number of hydrogen-bond acceptors (Lipinski definition) is 6. The Morgan fingerprint density at radius 3 is 2.37 bits per heavy atom. The summed E-state index contributed by atoms with van der Waals surface area (Å²) in [6.07, 6.45) is 4.50. The van der Waals surface area contributed by atoms with Gasteiger partial charge >= 0.3 is 5.97 Å². The van der Waals surface area contributed by atoms with Crippen LogP contribution < -0.4 is 4.74 Å². The maximum atomic E-state index is 13.9. The maximum absolute atomic E-state index is 13.9. The average molecular weight is 503 g/mol. The van der Waals surface area contributed by atoms with Crippen LogP contribution in [0.2, 0.25) is 0 Å². The van der Waals surface area contributed by atoms with Gasteiger partial charge in [0.15, 0.2) is 0 Å². The van der Waals surface area contributed by atoms with E-state index in [2.05, 4.69) is 26.5 Å². The van der Waals surface area contributed by atoms with Gasteiger partial charge in [-0.1, -0.05) is 6.08 Å². The fourth-order valence-electron chi connectivity index (χ4n) is 5.60. The number of sulfonamides is 1. The van der Waals surface area contributed by atoms with E-state index in [9.17, 15) is 18.5 Å². The molecule has 2 aliphatic rings. The van der Waals surface area contributed by atoms with Gasteiger partial charge in [0, 0.05) is 18.5 Å². The van der Waals surface area contributed by atoms with Crippen molar-refractivity contribution in [2.45, 2.75) is 84.1 Å². The summed E-state index contributed by atoms with van der Waals surface area (Å²) >= 11 is 0. The third-order valence-electron chi connectivity index (χ3n) is 7.80. The number of allylic oxidation sites excluding steroid dienone is 1. The number of esters is 1. The normalized spacial score (nSPS) is 20.1. The van der Waals surface area contributed by atoms with Gasteiger partial charge in [-0.3, -0.25) is 4.79 Å². The van der Waals surface area contributed by atoms with E-state index in [-0.39, 0.29) is 25.3 Å². The number of hydrogen-bond donors (Lipinski definition) is 0. The smallest absolute Gasteiger partial charge is 0.323 e. The molecule has 3 rings (SSSR count). The van der Waals surface area contributed by atoms with E-state index in [0.29, 0.717) is 29.7 Å². The topological polar surface area (TPSA) is 96.7 Å². The van der Waals surface area contributed by atoms with Crippen molar-refractivity contribution in [3.05, 3.63) is 34.9 Å². The minimum Gasteiger partial charge on any atom is -0.487 e. The lowest BCUT2D eigenvalue weighted by molar-refractivity contribution is -0.151. The zero-order valence-corrected chi connectivity index (χ0v) is 22.7. The average Bonchev–Trinajstić information content (AvgIpc) is 2.78. The number of piperidine rings is 1. The van der Waals surface area contributed by atoms with Crippen molar-refractivity contribution in [2.24, 2.45) is 11.3 Å². The molecule has 1 aromatic rings. The van der Waals surface area contributed by atoms with E-state index in [1.54, 1.807) is 13.0 Å². The standard InChI is InChI=1S/C27H38N2O5S/c1-8-11-27(22(17-28)25(30)33-9-2)13-15-29(16-14-27)35(31,32)24-19(4)18(3)23-21(20(24)5)10-12-26(6,7)34-23/h8,22H,1,9-16H2,2-7H3. The first-order valence-electron chi connectivity index (χ1n) is 12.3. The first-order valence-corrected chi connectivity index (χ1v) is 13.8. The fraction of sp³-hybridized carbons (Fsp3) is 0.630. The fourth-order valence-corrected chi connectivity index (χ4v) is 7.57. The Kier molecular flexibility index (Phi) is 7.73. The van der Waals surface area contributed by atoms with Gasteiger partial charge in [0.1, 0.15) is 17.3 Å². The van der Waals surface area contributed by atoms with Crippen molar-refractivity contribution < 1.29 is 22.7 Å². The van der Waals surface area contributed by atoms with Crippen LogP contribution in [0.5, 0.6) is 5.75 Å². The molecule has 2 heterocycles. The van der Waals surface area contributed by atoms with Gasteiger partial charge in [-0.2, -0.15) is 9.57 Å². The Labute approximate surface area is 210 Å². The van der Waals surface area contributed by atoms with Crippen molar-refractivity contribution in [1.82, 2.24) is 4.31 Å². The predicted octanol–water partition coefficient (Wildman–Crippen LogP) is 4.77. The molecule has 0 bridgehead atoms. The molecule has 1 atom stereocenters. The number of fused-ring (bicyclic) bond motifs is 1. The summed E-state index contributed by atoms with van der Waals surface area (Å²) in [5.74, 6) is -0.696. The van der Waals surface area contributed by atoms with Crippen molar-refractivity contribution in [2.75, 3.05) is 19.7 Å². The SMILES string of the molecule is C=CCC1(C(C#N)C(=O)OCC)CCN(S(=O)(=O)c2c(C)c(C)c3c(c2C)CCC(C)(C)O3)CC1. The second kappa shape index (κ2) is 9.94. The molecular formula is C27H38N2O5S. The molecule has 0 aliphatic carbocycles. The Hall–Kier alpha value is -2.37. The van der Waals surface area contributed by atoms with Crippen LogP contribution in [0, 0.1) is 43.4 Å². The zero-order valence-electron chi connectivity index (χ0n) is 21.9. The first-order chi connectivity index (χ1) is 16.3. The lowest BCUT2D eigenvalue weighted by Crippen LogP contribution is -2.48. The molecule has 1 unspecified atom stereocenters. The highest BCUT2D eigenvalue weighted by Crippen LogP contribution is 2.46. The lowest BCUT2D eigenvalue weighted by Gasteiger charge is -2.43. The molecule has 192 valence electrons. The monoisotopic (exact) mass is 502 g/mol. The minimum atomic E-state index is -3.78. The minimum absolute atomic E-state index is 0.193. The number of ether oxygens (including phenoxy) is 2. The molecule has 0 aromatic heterocycles. The van der Waals surface area contributed by atoms with Gasteiger partial charge in [-0.25, -0.2) is 8.42 Å². The van der Waals surface area contributed by atoms with Crippen molar-refractivity contribution in [3.8, 4) is 11.8 Å². The molecule has 1 aromatic carbocycles. The molecule has 7 nitrogen and oxygen atoms in total. The van der Waals surface area contributed by atoms with Gasteiger partial charge in [0.2, 0.25) is 10.0 Å². The molecule has 1 fully saturated rings. The Morgan fingerprint density at radius 1 is 1.20 bits per heavy atom. The van der Waals surface area contributed by atoms with Gasteiger partial charge in [-0.15, -0.1) is 6.58 Å². The van der Waals surface area contributed by atoms with E-state index in [1.165, 1.54) is 4.31 Å². The van der Waals surface area contributed by atoms with Crippen LogP contribution in [-0.2, 0) is 26.0 Å². The highest BCUT2D eigenvalue weighted by molar-refractivity contribution is 7.89. The van der Waals surface area contributed by atoms with Gasteiger partial charge in [0.25, 0.3) is 0 Å². The summed E-state index contributed by atoms with van der Waals surface area (Å²) in [5, 5.41) is 9.79. The Bertz CT molecular complexity index is 1160. The van der Waals surface area contributed by atoms with Gasteiger partial charge in [-0.05, 0) is 95.9 Å². The lowest BCUT2D eigenvalue weighted by atomic mass is 9.67. The van der Waals surface area contributed by atoms with Crippen LogP contribution in [0.15, 0.2) is 17.6 Å². The van der Waals surface area contributed by atoms with Crippen LogP contribution >= 0.6 is 0 Å². The summed E-state index contributed by atoms with van der Waals surface area (Å²) in [5.41, 5.74) is 2.32. The largest absolute Gasteiger partial charge is 0.487 e. The number of nitriles is 1. The molecular weight excluding hydrogens is 464 g/mol. The van der Waals surface area contributed by atoms with E-state index in [4.69, 9.17) is 9.47 Å². The highest BCUT2D eigenvalue weighted by Gasteiger charge is 2.47. The van der Waals surface area contributed by atoms with E-state index in [0.717, 1.165) is 35.3 Å². The second-order valence-corrected chi connectivity index (χ2v) is 12.3. The van der Waals surface area contributed by atoms with E-state index < -0.39 is 27.3 Å². The van der Waals surface area contributed by atoms with Crippen molar-refractivity contribution in [1.29, 1.82) is 5.26 Å². The van der Waals surface area contributed by atoms with Crippen LogP contribution in [-0.4, -0.2) is 44.0 Å². The molecule has 0 amide bonds. The summed E-state index contributed by atoms with van der Waals surface area (Å²) in [6.45, 7) is 15.9. The Morgan fingerprint density at radius 2 is 1.83 bits per heavy atom. The number of carbonyl (C=O) groups is 1. The second-order valence-electron chi connectivity index (χ2n) is 10.4. The van der Waals surface area contributed by atoms with Crippen LogP contribution in [0.25, 0.3) is 0 Å². The maximum Gasteiger partial charge on any atom is 0.323 e. The Balaban J connectivity index is 1.96. The highest BCUT2D eigenvalue weighted by atomic mass is 32.2.